The molecule has 0 aliphatic carbocycles. The van der Waals surface area contributed by atoms with Crippen molar-refractivity contribution in [1.82, 2.24) is 21.3 Å². The number of ether oxygens (including phenoxy) is 2. The van der Waals surface area contributed by atoms with Gasteiger partial charge in [-0.1, -0.05) is 97.8 Å². The number of benzene rings is 4. The predicted octanol–water partition coefficient (Wildman–Crippen LogP) is 8.10. The largest absolute Gasteiger partial charge is 0.491 e. The third-order valence-electron chi connectivity index (χ3n) is 8.26. The van der Waals surface area contributed by atoms with Crippen LogP contribution in [0.4, 0.5) is 0 Å². The summed E-state index contributed by atoms with van der Waals surface area (Å²) in [5, 5.41) is 11.3. The smallest absolute Gasteiger partial charge is 0.267 e. The van der Waals surface area contributed by atoms with E-state index in [1.165, 1.54) is 12.2 Å². The van der Waals surface area contributed by atoms with Crippen molar-refractivity contribution in [1.29, 1.82) is 0 Å². The number of unbranched alkanes of at least 4 members (excludes halogenated alkanes) is 3. The van der Waals surface area contributed by atoms with Crippen LogP contribution in [0.15, 0.2) is 133 Å². The van der Waals surface area contributed by atoms with E-state index >= 15 is 0 Å². The lowest BCUT2D eigenvalue weighted by Crippen LogP contribution is -2.35. The van der Waals surface area contributed by atoms with Crippen molar-refractivity contribution in [3.63, 3.8) is 0 Å². The molecule has 0 bridgehead atoms. The molecule has 4 amide bonds. The van der Waals surface area contributed by atoms with Gasteiger partial charge in [0.05, 0.1) is 12.2 Å². The van der Waals surface area contributed by atoms with Crippen molar-refractivity contribution < 1.29 is 28.7 Å². The second-order valence-corrected chi connectivity index (χ2v) is 14.0. The second kappa shape index (κ2) is 24.1. The summed E-state index contributed by atoms with van der Waals surface area (Å²) in [6.07, 6.45) is 12.5. The summed E-state index contributed by atoms with van der Waals surface area (Å²) < 4.78 is 11.5. The van der Waals surface area contributed by atoms with Gasteiger partial charge >= 0.3 is 0 Å². The second-order valence-electron chi connectivity index (χ2n) is 14.0. The molecular weight excluding hydrogens is 729 g/mol. The fourth-order valence-corrected chi connectivity index (χ4v) is 5.50. The summed E-state index contributed by atoms with van der Waals surface area (Å²) >= 11 is 0. The molecule has 0 fully saturated rings. The Morgan fingerprint density at radius 1 is 0.483 bits per heavy atom. The van der Waals surface area contributed by atoms with Crippen molar-refractivity contribution in [2.45, 2.75) is 65.6 Å². The van der Waals surface area contributed by atoms with E-state index in [-0.39, 0.29) is 23.6 Å². The number of nitrogens with one attached hydrogen (secondary N) is 4. The minimum atomic E-state index is -0.428. The van der Waals surface area contributed by atoms with Gasteiger partial charge in [0.25, 0.3) is 11.8 Å². The number of carbonyl (C=O) groups excluding carboxylic acids is 4. The minimum Gasteiger partial charge on any atom is -0.491 e. The molecule has 0 unspecified atom stereocenters. The van der Waals surface area contributed by atoms with Crippen LogP contribution in [0.2, 0.25) is 0 Å². The summed E-state index contributed by atoms with van der Waals surface area (Å²) in [6.45, 7) is 8.59. The predicted molar refractivity (Wildman–Crippen MR) is 232 cm³/mol. The van der Waals surface area contributed by atoms with Gasteiger partial charge in [-0.3, -0.25) is 19.2 Å². The monoisotopic (exact) mass is 782 g/mol. The first-order chi connectivity index (χ1) is 28.0. The molecule has 4 rings (SSSR count). The average molecular weight is 783 g/mol. The van der Waals surface area contributed by atoms with Gasteiger partial charge in [0.15, 0.2) is 0 Å². The van der Waals surface area contributed by atoms with Crippen molar-refractivity contribution in [3.8, 4) is 11.5 Å². The van der Waals surface area contributed by atoms with Crippen LogP contribution >= 0.6 is 0 Å². The number of hydrogen-bond donors (Lipinski definition) is 4. The molecule has 0 heterocycles. The van der Waals surface area contributed by atoms with Crippen LogP contribution in [0.3, 0.4) is 0 Å². The molecule has 0 aliphatic heterocycles. The van der Waals surface area contributed by atoms with Crippen molar-refractivity contribution in [3.05, 3.63) is 155 Å². The fourth-order valence-electron chi connectivity index (χ4n) is 5.50. The van der Waals surface area contributed by atoms with E-state index < -0.39 is 23.6 Å². The first kappa shape index (κ1) is 44.0. The van der Waals surface area contributed by atoms with Crippen LogP contribution in [0.1, 0.15) is 75.6 Å². The molecule has 0 radical (unpaired) electrons. The maximum absolute atomic E-state index is 13.3. The molecule has 0 atom stereocenters. The quantitative estimate of drug-likeness (QED) is 0.0499. The zero-order valence-corrected chi connectivity index (χ0v) is 33.7. The van der Waals surface area contributed by atoms with Crippen LogP contribution in [0, 0.1) is 0 Å². The number of hydrogen-bond acceptors (Lipinski definition) is 6. The molecule has 302 valence electrons. The normalized spacial score (nSPS) is 11.8. The Hall–Kier alpha value is -6.68. The topological polar surface area (TPSA) is 135 Å². The van der Waals surface area contributed by atoms with E-state index in [9.17, 15) is 19.2 Å². The standard InChI is InChI=1S/C48H54N4O6/c1-35(2)57-41-25-19-39(20-26-41)33-43(51-45(53)29-23-37-15-9-7-10-16-37)47(55)49-31-13-5-6-14-32-50-48(56)44(34-40-21-27-42(28-22-40)58-36(3)4)52-46(54)30-24-38-17-11-8-12-18-38/h7-12,15-30,33-36H,5-6,13-14,31-32H2,1-4H3,(H,49,55)(H,50,56)(H,51,53)(H,52,54)/b29-23+,30-24+,43-33-,44-34-. The highest BCUT2D eigenvalue weighted by atomic mass is 16.5. The van der Waals surface area contributed by atoms with Gasteiger partial charge in [-0.2, -0.15) is 0 Å². The van der Waals surface area contributed by atoms with Gasteiger partial charge in [0, 0.05) is 25.2 Å². The molecule has 58 heavy (non-hydrogen) atoms. The molecule has 10 heteroatoms. The average Bonchev–Trinajstić information content (AvgIpc) is 3.21. The summed E-state index contributed by atoms with van der Waals surface area (Å²) in [5.41, 5.74) is 3.42. The summed E-state index contributed by atoms with van der Waals surface area (Å²) in [7, 11) is 0. The van der Waals surface area contributed by atoms with Gasteiger partial charge in [-0.25, -0.2) is 0 Å². The van der Waals surface area contributed by atoms with Gasteiger partial charge in [0.2, 0.25) is 11.8 Å². The molecule has 4 aromatic carbocycles. The maximum atomic E-state index is 13.3. The first-order valence-corrected chi connectivity index (χ1v) is 19.7. The Morgan fingerprint density at radius 2 is 0.845 bits per heavy atom. The van der Waals surface area contributed by atoms with Crippen molar-refractivity contribution in [2.24, 2.45) is 0 Å². The molecule has 0 saturated heterocycles. The lowest BCUT2D eigenvalue weighted by atomic mass is 10.1. The van der Waals surface area contributed by atoms with Crippen LogP contribution in [0.25, 0.3) is 24.3 Å². The van der Waals surface area contributed by atoms with Crippen LogP contribution in [-0.2, 0) is 19.2 Å². The Labute approximate surface area is 342 Å². The Kier molecular flexibility index (Phi) is 18.3. The Bertz CT molecular complexity index is 1890. The van der Waals surface area contributed by atoms with E-state index in [2.05, 4.69) is 21.3 Å². The van der Waals surface area contributed by atoms with Gasteiger partial charge in [-0.05, 0) is 111 Å². The van der Waals surface area contributed by atoms with Gasteiger partial charge in [-0.15, -0.1) is 0 Å². The first-order valence-electron chi connectivity index (χ1n) is 19.7. The van der Waals surface area contributed by atoms with E-state index in [4.69, 9.17) is 9.47 Å². The molecule has 10 nitrogen and oxygen atoms in total. The Morgan fingerprint density at radius 3 is 1.19 bits per heavy atom. The summed E-state index contributed by atoms with van der Waals surface area (Å²) in [4.78, 5) is 52.2. The van der Waals surface area contributed by atoms with E-state index in [1.807, 2.05) is 137 Å². The highest BCUT2D eigenvalue weighted by Crippen LogP contribution is 2.17. The van der Waals surface area contributed by atoms with Crippen molar-refractivity contribution >= 4 is 47.9 Å². The van der Waals surface area contributed by atoms with Gasteiger partial charge in [0.1, 0.15) is 22.9 Å². The lowest BCUT2D eigenvalue weighted by Gasteiger charge is -2.12. The van der Waals surface area contributed by atoms with Crippen molar-refractivity contribution in [2.75, 3.05) is 13.1 Å². The van der Waals surface area contributed by atoms with Crippen LogP contribution in [0.5, 0.6) is 11.5 Å². The highest BCUT2D eigenvalue weighted by Gasteiger charge is 2.14. The summed E-state index contributed by atoms with van der Waals surface area (Å²) in [6, 6.07) is 33.4. The minimum absolute atomic E-state index is 0.0275. The zero-order chi connectivity index (χ0) is 41.5. The van der Waals surface area contributed by atoms with Crippen LogP contribution in [-0.4, -0.2) is 48.9 Å². The number of carbonyl (C=O) groups is 4. The third kappa shape index (κ3) is 17.0. The number of rotatable bonds is 21. The fraction of sp³-hybridized carbons (Fsp3) is 0.250. The molecule has 0 aromatic heterocycles. The van der Waals surface area contributed by atoms with E-state index in [1.54, 1.807) is 24.3 Å². The summed E-state index contributed by atoms with van der Waals surface area (Å²) in [5.74, 6) is -0.245. The molecule has 0 saturated carbocycles. The Balaban J connectivity index is 1.28. The molecule has 4 aromatic rings. The molecule has 0 aliphatic rings. The SMILES string of the molecule is CC(C)Oc1ccc(/C=C(\NC(=O)/C=C/c2ccccc2)C(=O)NCCCCCCNC(=O)/C(=C/c2ccc(OC(C)C)cc2)NC(=O)/C=C/c2ccccc2)cc1. The lowest BCUT2D eigenvalue weighted by molar-refractivity contribution is -0.121. The maximum Gasteiger partial charge on any atom is 0.267 e. The molecule has 0 spiro atoms. The molecule has 4 N–H and O–H groups in total. The molecular formula is C48H54N4O6. The van der Waals surface area contributed by atoms with E-state index in [0.717, 1.165) is 35.1 Å². The number of amides is 4. The third-order valence-corrected chi connectivity index (χ3v) is 8.26. The van der Waals surface area contributed by atoms with E-state index in [0.29, 0.717) is 37.4 Å². The van der Waals surface area contributed by atoms with Crippen LogP contribution < -0.4 is 30.7 Å². The highest BCUT2D eigenvalue weighted by molar-refractivity contribution is 6.05. The zero-order valence-electron chi connectivity index (χ0n) is 33.7. The van der Waals surface area contributed by atoms with Gasteiger partial charge < -0.3 is 30.7 Å².